The largest absolute Gasteiger partial charge is 0.391 e. The summed E-state index contributed by atoms with van der Waals surface area (Å²) in [4.78, 5) is 0. The van der Waals surface area contributed by atoms with Crippen LogP contribution in [0.25, 0.3) is 5.69 Å². The average molecular weight is 321 g/mol. The van der Waals surface area contributed by atoms with Gasteiger partial charge in [0.1, 0.15) is 5.82 Å². The molecule has 0 aliphatic heterocycles. The maximum atomic E-state index is 9.98. The Hall–Kier alpha value is -1.50. The van der Waals surface area contributed by atoms with Crippen molar-refractivity contribution in [1.29, 1.82) is 0 Å². The van der Waals surface area contributed by atoms with E-state index in [1.54, 1.807) is 0 Å². The van der Waals surface area contributed by atoms with Crippen LogP contribution in [0.15, 0.2) is 30.3 Å². The van der Waals surface area contributed by atoms with Crippen LogP contribution in [-0.4, -0.2) is 39.2 Å². The quantitative estimate of drug-likeness (QED) is 0.550. The van der Waals surface area contributed by atoms with Crippen molar-refractivity contribution in [2.75, 3.05) is 13.2 Å². The minimum absolute atomic E-state index is 0.372. The summed E-state index contributed by atoms with van der Waals surface area (Å²) in [5.41, 5.74) is 0.977. The number of unbranched alkanes of at least 4 members (excludes halogenated alkanes) is 1. The number of aryl methyl sites for hydroxylation is 1. The standard InChI is InChI=1S/C16H23N3O2S/c1-2-3-11-21-12-14(20)9-10-15-17-18-16(22)19(15)13-7-5-4-6-8-13/h4-8,14,20H,2-3,9-12H2,1H3,(H,18,22)/t14-/m1/s1. The van der Waals surface area contributed by atoms with E-state index in [-0.39, 0.29) is 0 Å². The van der Waals surface area contributed by atoms with Crippen LogP contribution in [-0.2, 0) is 11.2 Å². The third-order valence-electron chi connectivity index (χ3n) is 3.41. The van der Waals surface area contributed by atoms with Crippen molar-refractivity contribution < 1.29 is 9.84 Å². The summed E-state index contributed by atoms with van der Waals surface area (Å²) < 4.78 is 7.91. The number of aliphatic hydroxyl groups excluding tert-OH is 1. The highest BCUT2D eigenvalue weighted by atomic mass is 32.1. The molecule has 0 aliphatic carbocycles. The van der Waals surface area contributed by atoms with Gasteiger partial charge in [0.05, 0.1) is 12.7 Å². The fourth-order valence-corrected chi connectivity index (χ4v) is 2.44. The van der Waals surface area contributed by atoms with E-state index in [0.717, 1.165) is 24.4 Å². The maximum absolute atomic E-state index is 9.98. The molecule has 0 fully saturated rings. The topological polar surface area (TPSA) is 63.1 Å². The van der Waals surface area contributed by atoms with Gasteiger partial charge in [0.15, 0.2) is 4.77 Å². The highest BCUT2D eigenvalue weighted by Crippen LogP contribution is 2.12. The molecular weight excluding hydrogens is 298 g/mol. The molecule has 2 aromatic rings. The minimum atomic E-state index is -0.480. The van der Waals surface area contributed by atoms with Crippen LogP contribution in [0, 0.1) is 4.77 Å². The Bertz CT molecular complexity index is 609. The number of aliphatic hydroxyl groups is 1. The average Bonchev–Trinajstić information content (AvgIpc) is 2.91. The summed E-state index contributed by atoms with van der Waals surface area (Å²) in [5.74, 6) is 0.823. The summed E-state index contributed by atoms with van der Waals surface area (Å²) in [6.07, 6.45) is 2.88. The van der Waals surface area contributed by atoms with Gasteiger partial charge in [0.2, 0.25) is 0 Å². The van der Waals surface area contributed by atoms with Crippen molar-refractivity contribution in [3.63, 3.8) is 0 Å². The van der Waals surface area contributed by atoms with Gasteiger partial charge in [-0.3, -0.25) is 9.67 Å². The van der Waals surface area contributed by atoms with Gasteiger partial charge in [-0.2, -0.15) is 5.10 Å². The second-order valence-electron chi connectivity index (χ2n) is 5.24. The first kappa shape index (κ1) is 16.9. The lowest BCUT2D eigenvalue weighted by molar-refractivity contribution is 0.0314. The van der Waals surface area contributed by atoms with Gasteiger partial charge in [-0.1, -0.05) is 31.5 Å². The zero-order valence-electron chi connectivity index (χ0n) is 12.9. The van der Waals surface area contributed by atoms with Gasteiger partial charge in [0, 0.05) is 18.7 Å². The van der Waals surface area contributed by atoms with Crippen molar-refractivity contribution in [2.24, 2.45) is 0 Å². The van der Waals surface area contributed by atoms with E-state index >= 15 is 0 Å². The predicted octanol–water partition coefficient (Wildman–Crippen LogP) is 3.04. The molecule has 0 unspecified atom stereocenters. The number of rotatable bonds is 9. The van der Waals surface area contributed by atoms with Crippen LogP contribution in [0.4, 0.5) is 0 Å². The van der Waals surface area contributed by atoms with Crippen LogP contribution >= 0.6 is 12.2 Å². The third kappa shape index (κ3) is 4.76. The molecule has 1 atom stereocenters. The molecule has 22 heavy (non-hydrogen) atoms. The highest BCUT2D eigenvalue weighted by Gasteiger charge is 2.11. The fourth-order valence-electron chi connectivity index (χ4n) is 2.19. The Morgan fingerprint density at radius 3 is 2.86 bits per heavy atom. The Balaban J connectivity index is 1.93. The lowest BCUT2D eigenvalue weighted by atomic mass is 10.2. The SMILES string of the molecule is CCCCOC[C@H](O)CCc1n[nH]c(=S)n1-c1ccccc1. The number of nitrogens with one attached hydrogen (secondary N) is 1. The molecule has 0 amide bonds. The Morgan fingerprint density at radius 1 is 1.36 bits per heavy atom. The van der Waals surface area contributed by atoms with Crippen LogP contribution in [0.5, 0.6) is 0 Å². The number of para-hydroxylation sites is 1. The van der Waals surface area contributed by atoms with Crippen LogP contribution in [0.2, 0.25) is 0 Å². The first-order chi connectivity index (χ1) is 10.7. The lowest BCUT2D eigenvalue weighted by Gasteiger charge is -2.11. The molecule has 120 valence electrons. The van der Waals surface area contributed by atoms with Crippen molar-refractivity contribution in [3.8, 4) is 5.69 Å². The van der Waals surface area contributed by atoms with E-state index in [0.29, 0.717) is 30.8 Å². The van der Waals surface area contributed by atoms with Crippen molar-refractivity contribution in [3.05, 3.63) is 40.9 Å². The first-order valence-corrected chi connectivity index (χ1v) is 8.10. The number of nitrogens with zero attached hydrogens (tertiary/aromatic N) is 2. The molecule has 1 heterocycles. The van der Waals surface area contributed by atoms with Crippen LogP contribution in [0.1, 0.15) is 32.0 Å². The Morgan fingerprint density at radius 2 is 2.14 bits per heavy atom. The Kier molecular flexibility index (Phi) is 6.76. The number of hydrogen-bond acceptors (Lipinski definition) is 4. The monoisotopic (exact) mass is 321 g/mol. The fraction of sp³-hybridized carbons (Fsp3) is 0.500. The van der Waals surface area contributed by atoms with E-state index in [2.05, 4.69) is 17.1 Å². The second-order valence-corrected chi connectivity index (χ2v) is 5.62. The summed E-state index contributed by atoms with van der Waals surface area (Å²) in [6.45, 7) is 3.19. The number of ether oxygens (including phenoxy) is 1. The minimum Gasteiger partial charge on any atom is -0.391 e. The van der Waals surface area contributed by atoms with Crippen molar-refractivity contribution >= 4 is 12.2 Å². The summed E-state index contributed by atoms with van der Waals surface area (Å²) in [6, 6.07) is 9.86. The van der Waals surface area contributed by atoms with E-state index < -0.39 is 6.10 Å². The summed E-state index contributed by atoms with van der Waals surface area (Å²) >= 11 is 5.29. The predicted molar refractivity (Wildman–Crippen MR) is 88.8 cm³/mol. The maximum Gasteiger partial charge on any atom is 0.199 e. The summed E-state index contributed by atoms with van der Waals surface area (Å²) in [5, 5.41) is 17.1. The van der Waals surface area contributed by atoms with E-state index in [1.165, 1.54) is 0 Å². The van der Waals surface area contributed by atoms with Gasteiger partial charge < -0.3 is 9.84 Å². The molecule has 0 aliphatic rings. The molecule has 2 rings (SSSR count). The van der Waals surface area contributed by atoms with Gasteiger partial charge in [-0.05, 0) is 37.2 Å². The van der Waals surface area contributed by atoms with Gasteiger partial charge in [0.25, 0.3) is 0 Å². The second kappa shape index (κ2) is 8.82. The molecule has 1 aromatic heterocycles. The van der Waals surface area contributed by atoms with Crippen LogP contribution < -0.4 is 0 Å². The first-order valence-electron chi connectivity index (χ1n) is 7.70. The summed E-state index contributed by atoms with van der Waals surface area (Å²) in [7, 11) is 0. The van der Waals surface area contributed by atoms with Gasteiger partial charge in [-0.15, -0.1) is 0 Å². The number of H-pyrrole nitrogens is 1. The Labute approximate surface area is 136 Å². The molecule has 0 radical (unpaired) electrons. The molecule has 6 heteroatoms. The van der Waals surface area contributed by atoms with Crippen molar-refractivity contribution in [1.82, 2.24) is 14.8 Å². The zero-order chi connectivity index (χ0) is 15.8. The van der Waals surface area contributed by atoms with E-state index in [1.807, 2.05) is 34.9 Å². The van der Waals surface area contributed by atoms with Gasteiger partial charge in [-0.25, -0.2) is 0 Å². The highest BCUT2D eigenvalue weighted by molar-refractivity contribution is 7.71. The smallest absolute Gasteiger partial charge is 0.199 e. The number of benzene rings is 1. The van der Waals surface area contributed by atoms with Crippen molar-refractivity contribution in [2.45, 2.75) is 38.7 Å². The molecule has 0 saturated carbocycles. The third-order valence-corrected chi connectivity index (χ3v) is 3.68. The van der Waals surface area contributed by atoms with E-state index in [9.17, 15) is 5.11 Å². The normalized spacial score (nSPS) is 12.5. The van der Waals surface area contributed by atoms with Crippen LogP contribution in [0.3, 0.4) is 0 Å². The molecule has 0 bridgehead atoms. The molecule has 0 spiro atoms. The number of aromatic nitrogens is 3. The van der Waals surface area contributed by atoms with E-state index in [4.69, 9.17) is 17.0 Å². The molecule has 1 aromatic carbocycles. The molecule has 5 nitrogen and oxygen atoms in total. The molecule has 2 N–H and O–H groups in total. The molecule has 0 saturated heterocycles. The van der Waals surface area contributed by atoms with Gasteiger partial charge >= 0.3 is 0 Å². The molecular formula is C16H23N3O2S. The zero-order valence-corrected chi connectivity index (χ0v) is 13.7. The number of aromatic amines is 1. The lowest BCUT2D eigenvalue weighted by Crippen LogP contribution is -2.17. The number of hydrogen-bond donors (Lipinski definition) is 2.